The van der Waals surface area contributed by atoms with E-state index in [9.17, 15) is 44.7 Å². The smallest absolute Gasteiger partial charge is 0.405 e. The Labute approximate surface area is 278 Å². The third kappa shape index (κ3) is 15.9. The number of hydrogen-bond acceptors (Lipinski definition) is 10. The molecular weight excluding hydrogens is 610 g/mol. The Balaban J connectivity index is 2.52. The van der Waals surface area contributed by atoms with Crippen molar-refractivity contribution < 1.29 is 54.2 Å². The van der Waals surface area contributed by atoms with Crippen molar-refractivity contribution in [3.8, 4) is 0 Å². The predicted molar refractivity (Wildman–Crippen MR) is 176 cm³/mol. The van der Waals surface area contributed by atoms with Gasteiger partial charge in [0, 0.05) is 25.2 Å². The first-order chi connectivity index (χ1) is 22.1. The number of allylic oxidation sites excluding steroid dienone is 7. The molecule has 0 heterocycles. The Hall–Kier alpha value is -3.32. The van der Waals surface area contributed by atoms with E-state index >= 15 is 0 Å². The second kappa shape index (κ2) is 21.5. The van der Waals surface area contributed by atoms with Crippen molar-refractivity contribution >= 4 is 23.8 Å². The summed E-state index contributed by atoms with van der Waals surface area (Å²) in [4.78, 5) is 47.3. The van der Waals surface area contributed by atoms with Gasteiger partial charge in [-0.05, 0) is 56.9 Å². The van der Waals surface area contributed by atoms with E-state index in [4.69, 9.17) is 15.2 Å². The third-order valence-corrected chi connectivity index (χ3v) is 8.41. The molecule has 12 heteroatoms. The summed E-state index contributed by atoms with van der Waals surface area (Å²) in [5.74, 6) is -3.89. The van der Waals surface area contributed by atoms with E-state index in [1.165, 1.54) is 0 Å². The number of hydrogen-bond donors (Lipinski definition) is 6. The molecule has 1 rings (SSSR count). The van der Waals surface area contributed by atoms with Crippen molar-refractivity contribution in [1.82, 2.24) is 0 Å². The quantitative estimate of drug-likeness (QED) is 0.0626. The number of aliphatic hydroxyl groups is 4. The molecule has 0 aromatic heterocycles. The molecule has 1 aliphatic carbocycles. The Bertz CT molecular complexity index is 1130. The SMILES string of the molecule is CC/C=C/[C@@H](OC(N)=O)[C@@H](C)[C@H](O)CC(=O)[C@@H](O)[C@H](O)[C@H](C)CC(C)/C=C/C=C(C)/C=C/CCC(=O)O[C@@H]1C[C@@H](C(=O)O)CC[C@@H]1O. The maximum absolute atomic E-state index is 12.7. The molecule has 1 aliphatic rings. The van der Waals surface area contributed by atoms with Gasteiger partial charge in [-0.15, -0.1) is 0 Å². The number of rotatable bonds is 20. The molecule has 47 heavy (non-hydrogen) atoms. The predicted octanol–water partition coefficient (Wildman–Crippen LogP) is 3.75. The zero-order chi connectivity index (χ0) is 35.7. The molecule has 0 saturated heterocycles. The minimum absolute atomic E-state index is 0.00304. The van der Waals surface area contributed by atoms with Crippen LogP contribution in [0.2, 0.25) is 0 Å². The minimum atomic E-state index is -1.69. The van der Waals surface area contributed by atoms with Gasteiger partial charge in [-0.3, -0.25) is 14.4 Å². The van der Waals surface area contributed by atoms with Crippen LogP contribution < -0.4 is 5.73 Å². The van der Waals surface area contributed by atoms with Crippen LogP contribution in [0.4, 0.5) is 4.79 Å². The fourth-order valence-corrected chi connectivity index (χ4v) is 5.38. The van der Waals surface area contributed by atoms with Gasteiger partial charge in [-0.25, -0.2) is 4.79 Å². The normalized spacial score (nSPS) is 23.6. The highest BCUT2D eigenvalue weighted by atomic mass is 16.6. The van der Waals surface area contributed by atoms with Crippen molar-refractivity contribution in [1.29, 1.82) is 0 Å². The number of nitrogens with two attached hydrogens (primary N) is 1. The number of carboxylic acids is 1. The highest BCUT2D eigenvalue weighted by molar-refractivity contribution is 5.84. The van der Waals surface area contributed by atoms with Gasteiger partial charge in [0.15, 0.2) is 5.78 Å². The summed E-state index contributed by atoms with van der Waals surface area (Å²) in [5.41, 5.74) is 6.04. The van der Waals surface area contributed by atoms with Crippen molar-refractivity contribution in [2.45, 2.75) is 123 Å². The molecule has 0 spiro atoms. The minimum Gasteiger partial charge on any atom is -0.481 e. The summed E-state index contributed by atoms with van der Waals surface area (Å²) >= 11 is 0. The second-order valence-electron chi connectivity index (χ2n) is 12.6. The number of aliphatic carboxylic acids is 1. The molecule has 266 valence electrons. The Morgan fingerprint density at radius 3 is 2.32 bits per heavy atom. The fourth-order valence-electron chi connectivity index (χ4n) is 5.38. The summed E-state index contributed by atoms with van der Waals surface area (Å²) in [7, 11) is 0. The number of Topliss-reactive ketones (excluding diaryl/α,β-unsaturated/α-hetero) is 1. The van der Waals surface area contributed by atoms with Crippen LogP contribution in [0.1, 0.15) is 86.0 Å². The molecule has 12 nitrogen and oxygen atoms in total. The molecule has 0 aliphatic heterocycles. The van der Waals surface area contributed by atoms with Crippen LogP contribution in [0.3, 0.4) is 0 Å². The number of esters is 1. The Morgan fingerprint density at radius 2 is 1.70 bits per heavy atom. The molecule has 0 bridgehead atoms. The van der Waals surface area contributed by atoms with Gasteiger partial charge in [-0.1, -0.05) is 69.7 Å². The van der Waals surface area contributed by atoms with Gasteiger partial charge in [-0.2, -0.15) is 0 Å². The van der Waals surface area contributed by atoms with E-state index < -0.39 is 84.6 Å². The number of aliphatic hydroxyl groups excluding tert-OH is 4. The first-order valence-electron chi connectivity index (χ1n) is 16.4. The third-order valence-electron chi connectivity index (χ3n) is 8.41. The van der Waals surface area contributed by atoms with Gasteiger partial charge >= 0.3 is 18.0 Å². The van der Waals surface area contributed by atoms with Gasteiger partial charge in [0.25, 0.3) is 0 Å². The average molecular weight is 666 g/mol. The van der Waals surface area contributed by atoms with Gasteiger partial charge in [0.05, 0.1) is 24.2 Å². The van der Waals surface area contributed by atoms with Crippen molar-refractivity contribution in [3.63, 3.8) is 0 Å². The van der Waals surface area contributed by atoms with Crippen molar-refractivity contribution in [3.05, 3.63) is 48.1 Å². The van der Waals surface area contributed by atoms with Crippen LogP contribution in [0.15, 0.2) is 48.1 Å². The first-order valence-corrected chi connectivity index (χ1v) is 16.4. The lowest BCUT2D eigenvalue weighted by Gasteiger charge is -2.30. The van der Waals surface area contributed by atoms with E-state index in [0.29, 0.717) is 25.7 Å². The summed E-state index contributed by atoms with van der Waals surface area (Å²) in [5, 5.41) is 51.0. The molecule has 0 radical (unpaired) electrons. The molecule has 10 atom stereocenters. The maximum atomic E-state index is 12.7. The zero-order valence-corrected chi connectivity index (χ0v) is 28.2. The zero-order valence-electron chi connectivity index (χ0n) is 28.2. The number of carbonyl (C=O) groups excluding carboxylic acids is 3. The van der Waals surface area contributed by atoms with Crippen molar-refractivity contribution in [2.75, 3.05) is 0 Å². The summed E-state index contributed by atoms with van der Waals surface area (Å²) < 4.78 is 10.4. The summed E-state index contributed by atoms with van der Waals surface area (Å²) in [6, 6.07) is 0. The molecule has 1 fully saturated rings. The average Bonchev–Trinajstić information content (AvgIpc) is 3.00. The molecule has 0 aromatic carbocycles. The molecular formula is C35H55NO11. The Kier molecular flexibility index (Phi) is 19.1. The maximum Gasteiger partial charge on any atom is 0.405 e. The van der Waals surface area contributed by atoms with E-state index in [2.05, 4.69) is 0 Å². The lowest BCUT2D eigenvalue weighted by Crippen LogP contribution is -2.42. The summed E-state index contributed by atoms with van der Waals surface area (Å²) in [6.45, 7) is 9.03. The topological polar surface area (TPSA) is 214 Å². The standard InChI is InChI=1S/C35H55NO11/c1-6-7-14-29(47-35(36)45)24(5)27(38)20-28(39)33(42)32(41)23(4)18-22(3)13-10-12-21(2)11-8-9-15-31(40)46-30-19-25(34(43)44)16-17-26(30)37/h7-8,10-14,22-27,29-30,32-33,37-38,41-42H,6,9,15-20H2,1-5H3,(H2,36,45)(H,43,44)/b11-8+,13-10+,14-7+,21-12+/t22?,23-,24+,25+,26+,27-,29-,30-,32-,33-/m1/s1. The number of ketones is 1. The number of carbonyl (C=O) groups is 4. The number of carboxylic acid groups (broad SMARTS) is 1. The fraction of sp³-hybridized carbons (Fsp3) is 0.657. The van der Waals surface area contributed by atoms with E-state index in [1.807, 2.05) is 51.2 Å². The first kappa shape index (κ1) is 41.7. The van der Waals surface area contributed by atoms with Crippen LogP contribution in [0.25, 0.3) is 0 Å². The number of primary amides is 1. The highest BCUT2D eigenvalue weighted by Gasteiger charge is 2.35. The highest BCUT2D eigenvalue weighted by Crippen LogP contribution is 2.27. The van der Waals surface area contributed by atoms with Gasteiger partial charge < -0.3 is 40.7 Å². The molecule has 1 amide bonds. The van der Waals surface area contributed by atoms with Crippen LogP contribution in [-0.2, 0) is 23.9 Å². The van der Waals surface area contributed by atoms with Crippen LogP contribution in [0.5, 0.6) is 0 Å². The largest absolute Gasteiger partial charge is 0.481 e. The van der Waals surface area contributed by atoms with E-state index in [1.54, 1.807) is 26.0 Å². The van der Waals surface area contributed by atoms with Crippen LogP contribution in [-0.4, -0.2) is 86.0 Å². The monoisotopic (exact) mass is 665 g/mol. The van der Waals surface area contributed by atoms with Crippen molar-refractivity contribution in [2.24, 2.45) is 29.4 Å². The van der Waals surface area contributed by atoms with E-state index in [0.717, 1.165) is 5.57 Å². The summed E-state index contributed by atoms with van der Waals surface area (Å²) in [6.07, 6.45) is 6.87. The lowest BCUT2D eigenvalue weighted by molar-refractivity contribution is -0.163. The number of ether oxygens (including phenoxy) is 2. The number of amides is 1. The molecule has 7 N–H and O–H groups in total. The molecule has 0 aromatic rings. The molecule has 1 unspecified atom stereocenters. The van der Waals surface area contributed by atoms with Gasteiger partial charge in [0.1, 0.15) is 18.3 Å². The van der Waals surface area contributed by atoms with E-state index in [-0.39, 0.29) is 25.2 Å². The second-order valence-corrected chi connectivity index (χ2v) is 12.6. The van der Waals surface area contributed by atoms with Crippen LogP contribution >= 0.6 is 0 Å². The lowest BCUT2D eigenvalue weighted by atomic mass is 9.85. The van der Waals surface area contributed by atoms with Gasteiger partial charge in [0.2, 0.25) is 0 Å². The Morgan fingerprint density at radius 1 is 1.02 bits per heavy atom. The molecule has 1 saturated carbocycles. The van der Waals surface area contributed by atoms with Crippen LogP contribution in [0, 0.1) is 23.7 Å².